The number of aryl methyl sites for hydroxylation is 1. The molecule has 144 valence electrons. The average Bonchev–Trinajstić information content (AvgIpc) is 3.22. The molecule has 1 aromatic carbocycles. The molecule has 0 saturated heterocycles. The Bertz CT molecular complexity index is 913. The van der Waals surface area contributed by atoms with Gasteiger partial charge in [-0.25, -0.2) is 4.98 Å². The van der Waals surface area contributed by atoms with Crippen LogP contribution in [0.2, 0.25) is 0 Å². The van der Waals surface area contributed by atoms with Crippen LogP contribution in [-0.4, -0.2) is 15.2 Å². The summed E-state index contributed by atoms with van der Waals surface area (Å²) in [6, 6.07) is 1.43. The third-order valence-corrected chi connectivity index (χ3v) is 6.35. The lowest BCUT2D eigenvalue weighted by Crippen LogP contribution is -2.11. The monoisotopic (exact) mass is 441 g/mol. The van der Waals surface area contributed by atoms with Crippen LogP contribution in [0, 0.1) is 0 Å². The SMILES string of the molecule is CCc1nnc(Sc2nc(-c3cc(C(F)(F)F)cc(C(F)(F)F)c3)cs2)s1. The molecule has 0 radical (unpaired) electrons. The highest BCUT2D eigenvalue weighted by molar-refractivity contribution is 8.02. The van der Waals surface area contributed by atoms with E-state index in [9.17, 15) is 26.3 Å². The second-order valence-corrected chi connectivity index (χ2v) is 8.63. The van der Waals surface area contributed by atoms with Gasteiger partial charge in [0.05, 0.1) is 16.8 Å². The van der Waals surface area contributed by atoms with Crippen molar-refractivity contribution in [2.24, 2.45) is 0 Å². The Labute approximate surface area is 161 Å². The van der Waals surface area contributed by atoms with Gasteiger partial charge in [0.1, 0.15) is 5.01 Å². The number of hydrogen-bond donors (Lipinski definition) is 0. The zero-order chi connectivity index (χ0) is 19.8. The van der Waals surface area contributed by atoms with E-state index in [-0.39, 0.29) is 17.3 Å². The van der Waals surface area contributed by atoms with Gasteiger partial charge in [0.25, 0.3) is 0 Å². The van der Waals surface area contributed by atoms with Crippen LogP contribution in [0.5, 0.6) is 0 Å². The number of thiazole rings is 1. The van der Waals surface area contributed by atoms with Crippen LogP contribution in [-0.2, 0) is 18.8 Å². The molecule has 0 fully saturated rings. The van der Waals surface area contributed by atoms with E-state index in [2.05, 4.69) is 15.2 Å². The van der Waals surface area contributed by atoms with Crippen LogP contribution < -0.4 is 0 Å². The lowest BCUT2D eigenvalue weighted by molar-refractivity contribution is -0.143. The van der Waals surface area contributed by atoms with Crippen molar-refractivity contribution < 1.29 is 26.3 Å². The Balaban J connectivity index is 1.95. The predicted octanol–water partition coefficient (Wildman–Crippen LogP) is 6.41. The molecule has 3 rings (SSSR count). The molecule has 3 aromatic rings. The maximum Gasteiger partial charge on any atom is 0.416 e. The second kappa shape index (κ2) is 7.40. The minimum absolute atomic E-state index is 0.0410. The highest BCUT2D eigenvalue weighted by Gasteiger charge is 2.37. The van der Waals surface area contributed by atoms with Crippen molar-refractivity contribution in [1.82, 2.24) is 15.2 Å². The average molecular weight is 441 g/mol. The van der Waals surface area contributed by atoms with Crippen LogP contribution in [0.4, 0.5) is 26.3 Å². The summed E-state index contributed by atoms with van der Waals surface area (Å²) < 4.78 is 78.9. The summed E-state index contributed by atoms with van der Waals surface area (Å²) in [5.41, 5.74) is -2.94. The summed E-state index contributed by atoms with van der Waals surface area (Å²) >= 11 is 3.63. The number of alkyl halides is 6. The Morgan fingerprint density at radius 1 is 0.926 bits per heavy atom. The molecule has 0 saturated carbocycles. The maximum absolute atomic E-state index is 13.0. The van der Waals surface area contributed by atoms with Gasteiger partial charge in [-0.3, -0.25) is 0 Å². The van der Waals surface area contributed by atoms with Crippen molar-refractivity contribution in [1.29, 1.82) is 0 Å². The Morgan fingerprint density at radius 3 is 2.07 bits per heavy atom. The second-order valence-electron chi connectivity index (χ2n) is 5.21. The molecule has 0 aliphatic carbocycles. The van der Waals surface area contributed by atoms with E-state index in [0.717, 1.165) is 16.3 Å². The molecule has 2 heterocycles. The normalized spacial score (nSPS) is 12.6. The molecule has 3 nitrogen and oxygen atoms in total. The van der Waals surface area contributed by atoms with E-state index in [0.29, 0.717) is 27.2 Å². The number of benzene rings is 1. The lowest BCUT2D eigenvalue weighted by atomic mass is 10.0. The van der Waals surface area contributed by atoms with Gasteiger partial charge < -0.3 is 0 Å². The number of aromatic nitrogens is 3. The molecular formula is C15H9F6N3S3. The van der Waals surface area contributed by atoms with Crippen LogP contribution in [0.3, 0.4) is 0 Å². The van der Waals surface area contributed by atoms with E-state index in [1.54, 1.807) is 0 Å². The standard InChI is InChI=1S/C15H9F6N3S3/c1-2-11-23-24-13(26-11)27-12-22-10(6-25-12)7-3-8(14(16,17)18)5-9(4-7)15(19,20)21/h3-6H,2H2,1H3. The van der Waals surface area contributed by atoms with E-state index >= 15 is 0 Å². The van der Waals surface area contributed by atoms with Gasteiger partial charge in [0.2, 0.25) is 0 Å². The predicted molar refractivity (Wildman–Crippen MR) is 91.0 cm³/mol. The smallest absolute Gasteiger partial charge is 0.229 e. The van der Waals surface area contributed by atoms with Gasteiger partial charge in [-0.1, -0.05) is 18.3 Å². The summed E-state index contributed by atoms with van der Waals surface area (Å²) in [7, 11) is 0. The molecular weight excluding hydrogens is 432 g/mol. The molecule has 27 heavy (non-hydrogen) atoms. The minimum Gasteiger partial charge on any atom is -0.229 e. The Kier molecular flexibility index (Phi) is 5.50. The summed E-state index contributed by atoms with van der Waals surface area (Å²) in [4.78, 5) is 4.14. The van der Waals surface area contributed by atoms with Crippen molar-refractivity contribution >= 4 is 34.4 Å². The maximum atomic E-state index is 13.0. The van der Waals surface area contributed by atoms with Crippen molar-refractivity contribution in [3.8, 4) is 11.3 Å². The number of rotatable bonds is 4. The molecule has 0 atom stereocenters. The van der Waals surface area contributed by atoms with E-state index in [1.165, 1.54) is 28.5 Å². The van der Waals surface area contributed by atoms with Gasteiger partial charge in [0, 0.05) is 10.9 Å². The third kappa shape index (κ3) is 4.79. The molecule has 2 aromatic heterocycles. The zero-order valence-corrected chi connectivity index (χ0v) is 15.8. The third-order valence-electron chi connectivity index (χ3n) is 3.29. The van der Waals surface area contributed by atoms with Crippen LogP contribution >= 0.6 is 34.4 Å². The number of halogens is 6. The van der Waals surface area contributed by atoms with Crippen molar-refractivity contribution in [2.75, 3.05) is 0 Å². The van der Waals surface area contributed by atoms with Crippen LogP contribution in [0.1, 0.15) is 23.1 Å². The molecule has 0 aliphatic heterocycles. The fourth-order valence-corrected chi connectivity index (χ4v) is 4.90. The number of hydrogen-bond acceptors (Lipinski definition) is 6. The highest BCUT2D eigenvalue weighted by Crippen LogP contribution is 2.40. The van der Waals surface area contributed by atoms with E-state index < -0.39 is 23.5 Å². The quantitative estimate of drug-likeness (QED) is 0.439. The van der Waals surface area contributed by atoms with Crippen LogP contribution in [0.25, 0.3) is 11.3 Å². The first-order valence-corrected chi connectivity index (χ1v) is 9.83. The lowest BCUT2D eigenvalue weighted by Gasteiger charge is -2.13. The highest BCUT2D eigenvalue weighted by atomic mass is 32.2. The fourth-order valence-electron chi connectivity index (χ4n) is 2.04. The van der Waals surface area contributed by atoms with Crippen LogP contribution in [0.15, 0.2) is 32.3 Å². The largest absolute Gasteiger partial charge is 0.416 e. The first-order chi connectivity index (χ1) is 12.6. The Morgan fingerprint density at radius 2 is 1.56 bits per heavy atom. The van der Waals surface area contributed by atoms with Crippen molar-refractivity contribution in [3.63, 3.8) is 0 Å². The van der Waals surface area contributed by atoms with Gasteiger partial charge in [-0.2, -0.15) is 26.3 Å². The van der Waals surface area contributed by atoms with Crippen molar-refractivity contribution in [2.45, 2.75) is 34.4 Å². The van der Waals surface area contributed by atoms with E-state index in [1.807, 2.05) is 6.92 Å². The summed E-state index contributed by atoms with van der Waals surface area (Å²) in [5, 5.41) is 10.1. The van der Waals surface area contributed by atoms with Gasteiger partial charge >= 0.3 is 12.4 Å². The molecule has 0 N–H and O–H groups in total. The summed E-state index contributed by atoms with van der Waals surface area (Å²) in [6.45, 7) is 1.92. The molecule has 0 aliphatic rings. The zero-order valence-electron chi connectivity index (χ0n) is 13.4. The molecule has 0 amide bonds. The van der Waals surface area contributed by atoms with Crippen molar-refractivity contribution in [3.05, 3.63) is 39.7 Å². The fraction of sp³-hybridized carbons (Fsp3) is 0.267. The number of nitrogens with zero attached hydrogens (tertiary/aromatic N) is 3. The van der Waals surface area contributed by atoms with E-state index in [4.69, 9.17) is 0 Å². The molecule has 0 spiro atoms. The molecule has 0 unspecified atom stereocenters. The van der Waals surface area contributed by atoms with Gasteiger partial charge in [0.15, 0.2) is 8.68 Å². The minimum atomic E-state index is -4.90. The van der Waals surface area contributed by atoms with Gasteiger partial charge in [-0.05, 0) is 36.4 Å². The summed E-state index contributed by atoms with van der Waals surface area (Å²) in [5.74, 6) is 0. The topological polar surface area (TPSA) is 38.7 Å². The first kappa shape index (κ1) is 20.1. The Hall–Kier alpha value is -1.66. The first-order valence-electron chi connectivity index (χ1n) is 7.32. The van der Waals surface area contributed by atoms with Gasteiger partial charge in [-0.15, -0.1) is 21.5 Å². The molecule has 0 bridgehead atoms. The summed E-state index contributed by atoms with van der Waals surface area (Å²) in [6.07, 6.45) is -9.08. The molecule has 12 heteroatoms.